The molecule has 0 saturated carbocycles. The van der Waals surface area contributed by atoms with Gasteiger partial charge in [0.1, 0.15) is 5.82 Å². The second kappa shape index (κ2) is 10.8. The summed E-state index contributed by atoms with van der Waals surface area (Å²) in [5.74, 6) is 0.0548. The highest BCUT2D eigenvalue weighted by molar-refractivity contribution is 5.80. The van der Waals surface area contributed by atoms with Crippen LogP contribution in [0.3, 0.4) is 0 Å². The Bertz CT molecular complexity index is 700. The molecule has 2 heterocycles. The quantitative estimate of drug-likeness (QED) is 0.739. The molecular weight excluding hydrogens is 383 g/mol. The molecule has 3 amide bonds. The van der Waals surface area contributed by atoms with E-state index >= 15 is 0 Å². The van der Waals surface area contributed by atoms with Crippen molar-refractivity contribution in [2.24, 2.45) is 5.92 Å². The second-order valence-corrected chi connectivity index (χ2v) is 8.30. The summed E-state index contributed by atoms with van der Waals surface area (Å²) in [5.41, 5.74) is 1.10. The van der Waals surface area contributed by atoms with Crippen LogP contribution >= 0.6 is 0 Å². The minimum absolute atomic E-state index is 0.0226. The summed E-state index contributed by atoms with van der Waals surface area (Å²) in [6.45, 7) is 10.8. The molecule has 0 spiro atoms. The Morgan fingerprint density at radius 2 is 1.60 bits per heavy atom. The van der Waals surface area contributed by atoms with E-state index in [0.717, 1.165) is 70.6 Å². The largest absolute Gasteiger partial charge is 0.341 e. The first-order valence-corrected chi connectivity index (χ1v) is 11.3. The van der Waals surface area contributed by atoms with Crippen LogP contribution in [0.5, 0.6) is 0 Å². The Hall–Kier alpha value is -2.15. The molecule has 1 aromatic carbocycles. The number of amides is 3. The van der Waals surface area contributed by atoms with Crippen molar-refractivity contribution in [3.8, 4) is 0 Å². The second-order valence-electron chi connectivity index (χ2n) is 8.30. The molecule has 2 fully saturated rings. The summed E-state index contributed by atoms with van der Waals surface area (Å²) in [6, 6.07) is 6.75. The Labute approximate surface area is 179 Å². The van der Waals surface area contributed by atoms with Crippen LogP contribution in [0.1, 0.15) is 38.7 Å². The molecule has 0 bridgehead atoms. The topological polar surface area (TPSA) is 47.1 Å². The highest BCUT2D eigenvalue weighted by Gasteiger charge is 2.32. The average Bonchev–Trinajstić information content (AvgIpc) is 3.01. The van der Waals surface area contributed by atoms with Crippen molar-refractivity contribution in [2.45, 2.75) is 39.7 Å². The van der Waals surface area contributed by atoms with Crippen LogP contribution in [0.25, 0.3) is 0 Å². The Morgan fingerprint density at radius 1 is 0.933 bits per heavy atom. The standard InChI is InChI=1S/C23H35FN4O2/c1-3-26(4-2)23(30)28-14-10-20(11-15-28)22(29)27-13-5-12-25(16-17-27)18-19-6-8-21(24)9-7-19/h6-9,20H,3-5,10-18H2,1-2H3. The molecule has 7 heteroatoms. The van der Waals surface area contributed by atoms with Crippen LogP contribution in [-0.4, -0.2) is 83.9 Å². The normalized spacial score (nSPS) is 18.9. The lowest BCUT2D eigenvalue weighted by Crippen LogP contribution is -2.49. The lowest BCUT2D eigenvalue weighted by molar-refractivity contribution is -0.136. The third kappa shape index (κ3) is 5.72. The zero-order chi connectivity index (χ0) is 21.5. The van der Waals surface area contributed by atoms with E-state index < -0.39 is 0 Å². The maximum atomic E-state index is 13.1. The molecule has 0 atom stereocenters. The van der Waals surface area contributed by atoms with Gasteiger partial charge in [-0.25, -0.2) is 9.18 Å². The smallest absolute Gasteiger partial charge is 0.319 e. The number of carbonyl (C=O) groups is 2. The molecule has 6 nitrogen and oxygen atoms in total. The first-order chi connectivity index (χ1) is 14.5. The minimum Gasteiger partial charge on any atom is -0.341 e. The first kappa shape index (κ1) is 22.5. The van der Waals surface area contributed by atoms with Gasteiger partial charge in [0.05, 0.1) is 0 Å². The SMILES string of the molecule is CCN(CC)C(=O)N1CCC(C(=O)N2CCCN(Cc3ccc(F)cc3)CC2)CC1. The van der Waals surface area contributed by atoms with Crippen LogP contribution in [-0.2, 0) is 11.3 Å². The number of hydrogen-bond donors (Lipinski definition) is 0. The first-order valence-electron chi connectivity index (χ1n) is 11.3. The van der Waals surface area contributed by atoms with E-state index in [-0.39, 0.29) is 23.7 Å². The van der Waals surface area contributed by atoms with E-state index in [1.165, 1.54) is 12.1 Å². The lowest BCUT2D eigenvalue weighted by Gasteiger charge is -2.36. The number of piperidine rings is 1. The maximum Gasteiger partial charge on any atom is 0.319 e. The monoisotopic (exact) mass is 418 g/mol. The third-order valence-electron chi connectivity index (χ3n) is 6.37. The number of carbonyl (C=O) groups excluding carboxylic acids is 2. The van der Waals surface area contributed by atoms with Gasteiger partial charge in [0, 0.05) is 64.8 Å². The highest BCUT2D eigenvalue weighted by Crippen LogP contribution is 2.22. The van der Waals surface area contributed by atoms with Crippen molar-refractivity contribution in [1.82, 2.24) is 19.6 Å². The van der Waals surface area contributed by atoms with Crippen LogP contribution in [0.4, 0.5) is 9.18 Å². The van der Waals surface area contributed by atoms with Gasteiger partial charge in [-0.05, 0) is 50.8 Å². The number of benzene rings is 1. The zero-order valence-corrected chi connectivity index (χ0v) is 18.4. The molecule has 0 N–H and O–H groups in total. The van der Waals surface area contributed by atoms with Gasteiger partial charge in [-0.2, -0.15) is 0 Å². The Morgan fingerprint density at radius 3 is 2.23 bits per heavy atom. The molecule has 0 aliphatic carbocycles. The molecular formula is C23H35FN4O2. The van der Waals surface area contributed by atoms with Crippen LogP contribution < -0.4 is 0 Å². The number of rotatable bonds is 5. The van der Waals surface area contributed by atoms with E-state index in [1.807, 2.05) is 40.7 Å². The molecule has 1 aromatic rings. The minimum atomic E-state index is -0.212. The van der Waals surface area contributed by atoms with E-state index in [9.17, 15) is 14.0 Å². The van der Waals surface area contributed by atoms with Crippen molar-refractivity contribution in [1.29, 1.82) is 0 Å². The predicted octanol–water partition coefficient (Wildman–Crippen LogP) is 3.03. The van der Waals surface area contributed by atoms with Crippen molar-refractivity contribution in [2.75, 3.05) is 52.4 Å². The molecule has 0 aromatic heterocycles. The van der Waals surface area contributed by atoms with E-state index in [0.29, 0.717) is 13.1 Å². The van der Waals surface area contributed by atoms with Crippen molar-refractivity contribution in [3.05, 3.63) is 35.6 Å². The van der Waals surface area contributed by atoms with Gasteiger partial charge in [-0.1, -0.05) is 12.1 Å². The molecule has 166 valence electrons. The fourth-order valence-corrected chi connectivity index (χ4v) is 4.47. The zero-order valence-electron chi connectivity index (χ0n) is 18.4. The van der Waals surface area contributed by atoms with Gasteiger partial charge in [0.25, 0.3) is 0 Å². The van der Waals surface area contributed by atoms with Crippen molar-refractivity contribution in [3.63, 3.8) is 0 Å². The number of hydrogen-bond acceptors (Lipinski definition) is 3. The van der Waals surface area contributed by atoms with E-state index in [4.69, 9.17) is 0 Å². The fraction of sp³-hybridized carbons (Fsp3) is 0.652. The molecule has 2 saturated heterocycles. The molecule has 0 unspecified atom stereocenters. The van der Waals surface area contributed by atoms with Crippen molar-refractivity contribution >= 4 is 11.9 Å². The maximum absolute atomic E-state index is 13.1. The average molecular weight is 419 g/mol. The van der Waals surface area contributed by atoms with Crippen LogP contribution in [0, 0.1) is 11.7 Å². The summed E-state index contributed by atoms with van der Waals surface area (Å²) in [7, 11) is 0. The van der Waals surface area contributed by atoms with Crippen LogP contribution in [0.15, 0.2) is 24.3 Å². The lowest BCUT2D eigenvalue weighted by atomic mass is 9.95. The molecule has 0 radical (unpaired) electrons. The predicted molar refractivity (Wildman–Crippen MR) is 115 cm³/mol. The number of halogens is 1. The Kier molecular flexibility index (Phi) is 8.08. The summed E-state index contributed by atoms with van der Waals surface area (Å²) < 4.78 is 13.1. The van der Waals surface area contributed by atoms with E-state index in [1.54, 1.807) is 0 Å². The number of likely N-dealkylation sites (tertiary alicyclic amines) is 1. The van der Waals surface area contributed by atoms with Gasteiger partial charge in [-0.15, -0.1) is 0 Å². The van der Waals surface area contributed by atoms with Crippen molar-refractivity contribution < 1.29 is 14.0 Å². The summed E-state index contributed by atoms with van der Waals surface area (Å²) in [6.07, 6.45) is 2.45. The van der Waals surface area contributed by atoms with Gasteiger partial charge in [-0.3, -0.25) is 9.69 Å². The fourth-order valence-electron chi connectivity index (χ4n) is 4.47. The molecule has 3 rings (SSSR count). The molecule has 30 heavy (non-hydrogen) atoms. The van der Waals surface area contributed by atoms with Crippen LogP contribution in [0.2, 0.25) is 0 Å². The van der Waals surface area contributed by atoms with Gasteiger partial charge >= 0.3 is 6.03 Å². The summed E-state index contributed by atoms with van der Waals surface area (Å²) in [5, 5.41) is 0. The molecule has 2 aliphatic heterocycles. The summed E-state index contributed by atoms with van der Waals surface area (Å²) >= 11 is 0. The highest BCUT2D eigenvalue weighted by atomic mass is 19.1. The third-order valence-corrected chi connectivity index (χ3v) is 6.37. The van der Waals surface area contributed by atoms with Gasteiger partial charge in [0.2, 0.25) is 5.91 Å². The number of nitrogens with zero attached hydrogens (tertiary/aromatic N) is 4. The van der Waals surface area contributed by atoms with Gasteiger partial charge < -0.3 is 14.7 Å². The number of urea groups is 1. The Balaban J connectivity index is 1.47. The van der Waals surface area contributed by atoms with E-state index in [2.05, 4.69) is 4.90 Å². The summed E-state index contributed by atoms with van der Waals surface area (Å²) in [4.78, 5) is 33.7. The molecule has 2 aliphatic rings. The van der Waals surface area contributed by atoms with Gasteiger partial charge in [0.15, 0.2) is 0 Å².